The fourth-order valence-corrected chi connectivity index (χ4v) is 3.46. The van der Waals surface area contributed by atoms with E-state index in [2.05, 4.69) is 6.92 Å². The van der Waals surface area contributed by atoms with Gasteiger partial charge in [-0.05, 0) is 49.8 Å². The molecule has 0 bridgehead atoms. The van der Waals surface area contributed by atoms with Crippen LogP contribution in [0.4, 0.5) is 0 Å². The highest BCUT2D eigenvalue weighted by Crippen LogP contribution is 2.46. The molecule has 1 aromatic carbocycles. The Balaban J connectivity index is 1.89. The van der Waals surface area contributed by atoms with E-state index in [9.17, 15) is 0 Å². The van der Waals surface area contributed by atoms with Crippen molar-refractivity contribution in [1.29, 1.82) is 0 Å². The van der Waals surface area contributed by atoms with Crippen LogP contribution in [0.2, 0.25) is 5.02 Å². The second-order valence-electron chi connectivity index (χ2n) is 5.96. The third-order valence-corrected chi connectivity index (χ3v) is 4.71. The number of fused-ring (bicyclic) bond motifs is 1. The predicted molar refractivity (Wildman–Crippen MR) is 74.0 cm³/mol. The van der Waals surface area contributed by atoms with Crippen molar-refractivity contribution in [3.8, 4) is 5.75 Å². The second kappa shape index (κ2) is 4.43. The first-order valence-corrected chi connectivity index (χ1v) is 7.20. The van der Waals surface area contributed by atoms with Gasteiger partial charge >= 0.3 is 0 Å². The molecule has 1 heterocycles. The van der Waals surface area contributed by atoms with Crippen molar-refractivity contribution in [1.82, 2.24) is 0 Å². The van der Waals surface area contributed by atoms with Crippen LogP contribution >= 0.6 is 11.6 Å². The monoisotopic (exact) mass is 265 g/mol. The predicted octanol–water partition coefficient (Wildman–Crippen LogP) is 4.07. The van der Waals surface area contributed by atoms with Crippen LogP contribution < -0.4 is 10.5 Å². The van der Waals surface area contributed by atoms with Crippen LogP contribution in [-0.4, -0.2) is 5.60 Å². The van der Waals surface area contributed by atoms with Gasteiger partial charge in [0.05, 0.1) is 0 Å². The summed E-state index contributed by atoms with van der Waals surface area (Å²) >= 11 is 6.03. The largest absolute Gasteiger partial charge is 0.487 e. The van der Waals surface area contributed by atoms with E-state index in [4.69, 9.17) is 22.1 Å². The number of hydrogen-bond acceptors (Lipinski definition) is 2. The molecule has 0 unspecified atom stereocenters. The van der Waals surface area contributed by atoms with Crippen LogP contribution in [0.25, 0.3) is 0 Å². The summed E-state index contributed by atoms with van der Waals surface area (Å²) in [6.45, 7) is 2.32. The summed E-state index contributed by atoms with van der Waals surface area (Å²) in [4.78, 5) is 0. The Hall–Kier alpha value is -0.730. The van der Waals surface area contributed by atoms with Gasteiger partial charge in [0, 0.05) is 23.0 Å². The SMILES string of the molecule is CC1CCC2(CC1)C[C@@H](N)c1cc(Cl)ccc1O2. The van der Waals surface area contributed by atoms with Crippen molar-refractivity contribution in [2.24, 2.45) is 11.7 Å². The van der Waals surface area contributed by atoms with Gasteiger partial charge in [-0.2, -0.15) is 0 Å². The summed E-state index contributed by atoms with van der Waals surface area (Å²) in [5, 5.41) is 0.737. The van der Waals surface area contributed by atoms with Crippen LogP contribution in [0.5, 0.6) is 5.75 Å². The summed E-state index contributed by atoms with van der Waals surface area (Å²) in [5.41, 5.74) is 7.36. The third kappa shape index (κ3) is 2.12. The highest BCUT2D eigenvalue weighted by atomic mass is 35.5. The molecule has 3 rings (SSSR count). The first-order valence-electron chi connectivity index (χ1n) is 6.82. The summed E-state index contributed by atoms with van der Waals surface area (Å²) < 4.78 is 6.30. The van der Waals surface area contributed by atoms with Crippen LogP contribution in [0.15, 0.2) is 18.2 Å². The average molecular weight is 266 g/mol. The molecule has 2 nitrogen and oxygen atoms in total. The molecule has 0 saturated heterocycles. The van der Waals surface area contributed by atoms with Crippen LogP contribution in [0.1, 0.15) is 50.6 Å². The van der Waals surface area contributed by atoms with Crippen molar-refractivity contribution in [2.45, 2.75) is 50.7 Å². The molecule has 98 valence electrons. The second-order valence-corrected chi connectivity index (χ2v) is 6.40. The molecule has 0 aromatic heterocycles. The maximum atomic E-state index is 6.32. The van der Waals surface area contributed by atoms with Crippen molar-refractivity contribution in [2.75, 3.05) is 0 Å². The van der Waals surface area contributed by atoms with E-state index in [1.807, 2.05) is 18.2 Å². The van der Waals surface area contributed by atoms with Gasteiger partial charge in [-0.15, -0.1) is 0 Å². The molecule has 18 heavy (non-hydrogen) atoms. The van der Waals surface area contributed by atoms with E-state index in [-0.39, 0.29) is 11.6 Å². The van der Waals surface area contributed by atoms with E-state index in [1.165, 1.54) is 12.8 Å². The van der Waals surface area contributed by atoms with Gasteiger partial charge in [0.15, 0.2) is 0 Å². The van der Waals surface area contributed by atoms with Gasteiger partial charge in [-0.3, -0.25) is 0 Å². The summed E-state index contributed by atoms with van der Waals surface area (Å²) in [5.74, 6) is 1.76. The molecule has 1 saturated carbocycles. The van der Waals surface area contributed by atoms with Gasteiger partial charge in [0.1, 0.15) is 11.4 Å². The van der Waals surface area contributed by atoms with Crippen molar-refractivity contribution in [3.05, 3.63) is 28.8 Å². The molecule has 1 aliphatic carbocycles. The van der Waals surface area contributed by atoms with Crippen molar-refractivity contribution < 1.29 is 4.74 Å². The Bertz CT molecular complexity index is 452. The lowest BCUT2D eigenvalue weighted by Gasteiger charge is -2.45. The number of rotatable bonds is 0. The van der Waals surface area contributed by atoms with Gasteiger partial charge in [0.25, 0.3) is 0 Å². The third-order valence-electron chi connectivity index (χ3n) is 4.48. The average Bonchev–Trinajstić information content (AvgIpc) is 2.35. The zero-order chi connectivity index (χ0) is 12.8. The molecule has 3 heteroatoms. The van der Waals surface area contributed by atoms with Crippen LogP contribution in [0.3, 0.4) is 0 Å². The smallest absolute Gasteiger partial charge is 0.125 e. The standard InChI is InChI=1S/C15H20ClNO/c1-10-4-6-15(7-5-10)9-13(17)12-8-11(16)2-3-14(12)18-15/h2-3,8,10,13H,4-7,9,17H2,1H3/t10?,13-,15?/m1/s1. The molecule has 1 aromatic rings. The van der Waals surface area contributed by atoms with E-state index in [1.54, 1.807) is 0 Å². The Morgan fingerprint density at radius 2 is 2.06 bits per heavy atom. The Morgan fingerprint density at radius 1 is 1.33 bits per heavy atom. The Morgan fingerprint density at radius 3 is 2.78 bits per heavy atom. The molecule has 0 radical (unpaired) electrons. The highest BCUT2D eigenvalue weighted by Gasteiger charge is 2.41. The minimum atomic E-state index is -0.0211. The van der Waals surface area contributed by atoms with E-state index >= 15 is 0 Å². The van der Waals surface area contributed by atoms with Gasteiger partial charge < -0.3 is 10.5 Å². The molecule has 1 spiro atoms. The van der Waals surface area contributed by atoms with Gasteiger partial charge in [-0.1, -0.05) is 18.5 Å². The van der Waals surface area contributed by atoms with Crippen molar-refractivity contribution in [3.63, 3.8) is 0 Å². The van der Waals surface area contributed by atoms with E-state index in [0.717, 1.165) is 41.5 Å². The lowest BCUT2D eigenvalue weighted by molar-refractivity contribution is -0.00851. The summed E-state index contributed by atoms with van der Waals surface area (Å²) in [6, 6.07) is 5.86. The first kappa shape index (κ1) is 12.3. The van der Waals surface area contributed by atoms with Crippen LogP contribution in [-0.2, 0) is 0 Å². The molecule has 2 N–H and O–H groups in total. The fraction of sp³-hybridized carbons (Fsp3) is 0.600. The minimum Gasteiger partial charge on any atom is -0.487 e. The Labute approximate surface area is 113 Å². The molecule has 2 aliphatic rings. The minimum absolute atomic E-state index is 0.0211. The molecule has 1 fully saturated rings. The maximum Gasteiger partial charge on any atom is 0.125 e. The number of hydrogen-bond donors (Lipinski definition) is 1. The summed E-state index contributed by atoms with van der Waals surface area (Å²) in [7, 11) is 0. The molecule has 1 atom stereocenters. The highest BCUT2D eigenvalue weighted by molar-refractivity contribution is 6.30. The zero-order valence-corrected chi connectivity index (χ0v) is 11.5. The normalized spacial score (nSPS) is 35.1. The first-order chi connectivity index (χ1) is 8.58. The fourth-order valence-electron chi connectivity index (χ4n) is 3.28. The number of nitrogens with two attached hydrogens (primary N) is 1. The van der Waals surface area contributed by atoms with E-state index in [0.29, 0.717) is 0 Å². The quantitative estimate of drug-likeness (QED) is 0.767. The number of benzene rings is 1. The van der Waals surface area contributed by atoms with Crippen LogP contribution in [0, 0.1) is 5.92 Å². The lowest BCUT2D eigenvalue weighted by atomic mass is 9.74. The number of ether oxygens (including phenoxy) is 1. The lowest BCUT2D eigenvalue weighted by Crippen LogP contribution is -2.45. The molecular formula is C15H20ClNO. The topological polar surface area (TPSA) is 35.2 Å². The van der Waals surface area contributed by atoms with Crippen molar-refractivity contribution >= 4 is 11.6 Å². The molecule has 1 aliphatic heterocycles. The summed E-state index contributed by atoms with van der Waals surface area (Å²) in [6.07, 6.45) is 5.67. The molecular weight excluding hydrogens is 246 g/mol. The van der Waals surface area contributed by atoms with Gasteiger partial charge in [0.2, 0.25) is 0 Å². The maximum absolute atomic E-state index is 6.32. The van der Waals surface area contributed by atoms with E-state index < -0.39 is 0 Å². The molecule has 0 amide bonds. The zero-order valence-electron chi connectivity index (χ0n) is 10.8. The van der Waals surface area contributed by atoms with Gasteiger partial charge in [-0.25, -0.2) is 0 Å². The number of halogens is 1. The Kier molecular flexibility index (Phi) is 3.03.